The number of hydrogen-bond donors (Lipinski definition) is 2. The number of carbonyl (C=O) groups excluding carboxylic acids is 1. The number of anilines is 1. The van der Waals surface area contributed by atoms with Gasteiger partial charge < -0.3 is 15.2 Å². The first-order valence-electron chi connectivity index (χ1n) is 10.7. The lowest BCUT2D eigenvalue weighted by molar-refractivity contribution is -0.129. The fraction of sp³-hybridized carbons (Fsp3) is 0.435. The van der Waals surface area contributed by atoms with Gasteiger partial charge in [0.05, 0.1) is 6.04 Å². The molecule has 4 heterocycles. The molecule has 2 aliphatic rings. The van der Waals surface area contributed by atoms with Gasteiger partial charge in [0, 0.05) is 49.4 Å². The number of carbonyl (C=O) groups is 1. The number of pyridine rings is 2. The summed E-state index contributed by atoms with van der Waals surface area (Å²) in [4.78, 5) is 35.8. The average molecular weight is 408 g/mol. The Morgan fingerprint density at radius 1 is 1.27 bits per heavy atom. The number of nitrogens with one attached hydrogen (secondary N) is 2. The average Bonchev–Trinajstić information content (AvgIpc) is 3.25. The van der Waals surface area contributed by atoms with Crippen LogP contribution in [-0.4, -0.2) is 64.4 Å². The summed E-state index contributed by atoms with van der Waals surface area (Å²) >= 11 is 0. The molecule has 2 N–H and O–H groups in total. The number of hydrogen-bond acceptors (Lipinski definition) is 5. The molecule has 2 aromatic rings. The normalized spacial score (nSPS) is 17.4. The zero-order valence-electron chi connectivity index (χ0n) is 17.4. The first kappa shape index (κ1) is 20.3. The van der Waals surface area contributed by atoms with E-state index >= 15 is 0 Å². The molecule has 2 saturated heterocycles. The Balaban J connectivity index is 1.32. The van der Waals surface area contributed by atoms with Crippen molar-refractivity contribution in [3.63, 3.8) is 0 Å². The molecule has 7 nitrogen and oxygen atoms in total. The number of H-pyrrole nitrogens is 1. The monoisotopic (exact) mass is 407 g/mol. The molecule has 0 saturated carbocycles. The van der Waals surface area contributed by atoms with Crippen molar-refractivity contribution in [3.05, 3.63) is 58.8 Å². The van der Waals surface area contributed by atoms with Crippen molar-refractivity contribution in [3.8, 4) is 11.1 Å². The van der Waals surface area contributed by atoms with Crippen LogP contribution in [0.1, 0.15) is 25.5 Å². The first-order valence-corrected chi connectivity index (χ1v) is 10.7. The number of aromatic nitrogens is 2. The van der Waals surface area contributed by atoms with Crippen LogP contribution >= 0.6 is 0 Å². The zero-order valence-corrected chi connectivity index (χ0v) is 17.4. The van der Waals surface area contributed by atoms with Gasteiger partial charge >= 0.3 is 0 Å². The van der Waals surface area contributed by atoms with Crippen molar-refractivity contribution in [2.75, 3.05) is 38.0 Å². The molecule has 158 valence electrons. The first-order chi connectivity index (χ1) is 14.6. The van der Waals surface area contributed by atoms with Crippen molar-refractivity contribution < 1.29 is 4.79 Å². The minimum Gasteiger partial charge on any atom is -0.374 e. The third-order valence-corrected chi connectivity index (χ3v) is 5.79. The molecule has 0 radical (unpaired) electrons. The van der Waals surface area contributed by atoms with E-state index in [1.54, 1.807) is 23.4 Å². The molecular weight excluding hydrogens is 378 g/mol. The summed E-state index contributed by atoms with van der Waals surface area (Å²) in [6.45, 7) is 6.37. The highest BCUT2D eigenvalue weighted by Crippen LogP contribution is 2.22. The van der Waals surface area contributed by atoms with Crippen LogP contribution in [0.5, 0.6) is 0 Å². The van der Waals surface area contributed by atoms with Crippen LogP contribution < -0.4 is 10.9 Å². The topological polar surface area (TPSA) is 81.3 Å². The van der Waals surface area contributed by atoms with E-state index < -0.39 is 0 Å². The molecule has 0 spiro atoms. The third kappa shape index (κ3) is 4.79. The largest absolute Gasteiger partial charge is 0.374 e. The van der Waals surface area contributed by atoms with E-state index in [9.17, 15) is 9.59 Å². The molecule has 0 unspecified atom stereocenters. The van der Waals surface area contributed by atoms with Crippen molar-refractivity contribution >= 4 is 11.6 Å². The second kappa shape index (κ2) is 9.26. The maximum Gasteiger partial charge on any atom is 0.271 e. The van der Waals surface area contributed by atoms with Gasteiger partial charge in [-0.05, 0) is 56.1 Å². The van der Waals surface area contributed by atoms with E-state index in [4.69, 9.17) is 0 Å². The summed E-state index contributed by atoms with van der Waals surface area (Å²) in [5, 5.41) is 3.29. The SMILES string of the molecule is CCc1cc(-c2c[nH]c(=O)c(NC3CN(C(=O)/C=C/CN4CCCC4)C3)c2)ccn1. The van der Waals surface area contributed by atoms with Gasteiger partial charge in [-0.15, -0.1) is 0 Å². The number of aryl methyl sites for hydroxylation is 1. The summed E-state index contributed by atoms with van der Waals surface area (Å²) in [5.74, 6) is 0.0405. The molecule has 0 atom stereocenters. The predicted octanol–water partition coefficient (Wildman–Crippen LogP) is 2.27. The van der Waals surface area contributed by atoms with Crippen molar-refractivity contribution in [2.24, 2.45) is 0 Å². The van der Waals surface area contributed by atoms with Gasteiger partial charge in [-0.1, -0.05) is 13.0 Å². The fourth-order valence-electron chi connectivity index (χ4n) is 3.95. The van der Waals surface area contributed by atoms with Crippen LogP contribution in [-0.2, 0) is 11.2 Å². The van der Waals surface area contributed by atoms with Crippen LogP contribution in [0.4, 0.5) is 5.69 Å². The van der Waals surface area contributed by atoms with Crippen molar-refractivity contribution in [2.45, 2.75) is 32.2 Å². The molecule has 2 aromatic heterocycles. The lowest BCUT2D eigenvalue weighted by Crippen LogP contribution is -2.57. The number of nitrogens with zero attached hydrogens (tertiary/aromatic N) is 3. The Bertz CT molecular complexity index is 972. The number of amides is 1. The van der Waals surface area contributed by atoms with Crippen molar-refractivity contribution in [1.29, 1.82) is 0 Å². The second-order valence-electron chi connectivity index (χ2n) is 8.02. The van der Waals surface area contributed by atoms with E-state index in [0.29, 0.717) is 18.8 Å². The molecule has 0 bridgehead atoms. The fourth-order valence-corrected chi connectivity index (χ4v) is 3.95. The molecule has 4 rings (SSSR count). The minimum atomic E-state index is -0.154. The summed E-state index contributed by atoms with van der Waals surface area (Å²) in [6.07, 6.45) is 10.5. The maximum atomic E-state index is 12.3. The number of aromatic amines is 1. The van der Waals surface area contributed by atoms with Crippen molar-refractivity contribution in [1.82, 2.24) is 19.8 Å². The molecule has 2 aliphatic heterocycles. The Hall–Kier alpha value is -2.93. The Morgan fingerprint density at radius 3 is 2.83 bits per heavy atom. The summed E-state index contributed by atoms with van der Waals surface area (Å²) in [6, 6.07) is 5.93. The van der Waals surface area contributed by atoms with E-state index in [0.717, 1.165) is 42.9 Å². The molecular formula is C23H29N5O2. The molecule has 30 heavy (non-hydrogen) atoms. The molecule has 2 fully saturated rings. The Kier molecular flexibility index (Phi) is 6.28. The van der Waals surface area contributed by atoms with Crippen LogP contribution in [0.25, 0.3) is 11.1 Å². The highest BCUT2D eigenvalue weighted by atomic mass is 16.2. The molecule has 0 aromatic carbocycles. The molecule has 7 heteroatoms. The smallest absolute Gasteiger partial charge is 0.271 e. The van der Waals surface area contributed by atoms with Gasteiger partial charge in [0.2, 0.25) is 5.91 Å². The standard InChI is InChI=1S/C23H29N5O2/c1-2-19-12-17(7-8-24-19)18-13-21(23(30)25-14-18)26-20-15-28(16-20)22(29)6-5-11-27-9-3-4-10-27/h5-8,12-14,20,26H,2-4,9-11,15-16H2,1H3,(H,25,30)/b6-5+. The van der Waals surface area contributed by atoms with E-state index in [-0.39, 0.29) is 17.5 Å². The van der Waals surface area contributed by atoms with Crippen LogP contribution in [0.15, 0.2) is 47.5 Å². The summed E-state index contributed by atoms with van der Waals surface area (Å²) in [7, 11) is 0. The highest BCUT2D eigenvalue weighted by Gasteiger charge is 2.29. The van der Waals surface area contributed by atoms with Crippen LogP contribution in [0, 0.1) is 0 Å². The number of rotatable bonds is 7. The van der Waals surface area contributed by atoms with E-state index in [1.165, 1.54) is 12.8 Å². The minimum absolute atomic E-state index is 0.0405. The van der Waals surface area contributed by atoms with Gasteiger partial charge in [0.25, 0.3) is 5.56 Å². The van der Waals surface area contributed by atoms with E-state index in [2.05, 4.69) is 27.1 Å². The maximum absolute atomic E-state index is 12.3. The lowest BCUT2D eigenvalue weighted by atomic mass is 10.1. The van der Waals surface area contributed by atoms with Gasteiger partial charge in [0.1, 0.15) is 5.69 Å². The predicted molar refractivity (Wildman–Crippen MR) is 118 cm³/mol. The summed E-state index contributed by atoms with van der Waals surface area (Å²) < 4.78 is 0. The quantitative estimate of drug-likeness (QED) is 0.688. The molecule has 1 amide bonds. The third-order valence-electron chi connectivity index (χ3n) is 5.79. The second-order valence-corrected chi connectivity index (χ2v) is 8.02. The van der Waals surface area contributed by atoms with Gasteiger partial charge in [-0.25, -0.2) is 0 Å². The number of likely N-dealkylation sites (tertiary alicyclic amines) is 2. The van der Waals surface area contributed by atoms with Crippen LogP contribution in [0.3, 0.4) is 0 Å². The van der Waals surface area contributed by atoms with E-state index in [1.807, 2.05) is 24.3 Å². The Labute approximate surface area is 176 Å². The van der Waals surface area contributed by atoms with Gasteiger partial charge in [-0.2, -0.15) is 0 Å². The van der Waals surface area contributed by atoms with Gasteiger partial charge in [0.15, 0.2) is 0 Å². The lowest BCUT2D eigenvalue weighted by Gasteiger charge is -2.39. The Morgan fingerprint density at radius 2 is 2.07 bits per heavy atom. The zero-order chi connectivity index (χ0) is 20.9. The van der Waals surface area contributed by atoms with Gasteiger partial charge in [-0.3, -0.25) is 19.5 Å². The summed E-state index contributed by atoms with van der Waals surface area (Å²) in [5.41, 5.74) is 3.35. The highest BCUT2D eigenvalue weighted by molar-refractivity contribution is 5.88. The molecule has 0 aliphatic carbocycles. The van der Waals surface area contributed by atoms with Crippen LogP contribution in [0.2, 0.25) is 0 Å².